The molecule has 1 saturated heterocycles. The molecular weight excluding hydrogens is 336 g/mol. The molecule has 27 heavy (non-hydrogen) atoms. The second-order valence-electron chi connectivity index (χ2n) is 7.55. The van der Waals surface area contributed by atoms with E-state index in [1.165, 1.54) is 11.3 Å². The van der Waals surface area contributed by atoms with Crippen molar-refractivity contribution in [3.8, 4) is 0 Å². The van der Waals surface area contributed by atoms with Gasteiger partial charge < -0.3 is 10.2 Å². The Balaban J connectivity index is 1.53. The van der Waals surface area contributed by atoms with E-state index in [0.29, 0.717) is 18.3 Å². The minimum atomic E-state index is 0.107. The smallest absolute Gasteiger partial charge is 0.274 e. The highest BCUT2D eigenvalue weighted by atomic mass is 16.2. The molecular formula is C22H28N4O. The number of nitrogens with one attached hydrogen (secondary N) is 1. The second kappa shape index (κ2) is 8.09. The van der Waals surface area contributed by atoms with E-state index in [-0.39, 0.29) is 5.91 Å². The van der Waals surface area contributed by atoms with Crippen LogP contribution < -0.4 is 5.32 Å². The Hall–Kier alpha value is -2.40. The average Bonchev–Trinajstić information content (AvgIpc) is 3.36. The van der Waals surface area contributed by atoms with Crippen molar-refractivity contribution in [1.29, 1.82) is 0 Å². The lowest BCUT2D eigenvalue weighted by atomic mass is 9.91. The molecule has 4 rings (SSSR count). The zero-order valence-corrected chi connectivity index (χ0v) is 15.9. The van der Waals surface area contributed by atoms with Crippen LogP contribution in [0, 0.1) is 0 Å². The van der Waals surface area contributed by atoms with Crippen LogP contribution in [0.25, 0.3) is 0 Å². The fourth-order valence-electron chi connectivity index (χ4n) is 4.24. The van der Waals surface area contributed by atoms with Crippen LogP contribution in [-0.2, 0) is 25.9 Å². The lowest BCUT2D eigenvalue weighted by Gasteiger charge is -2.25. The van der Waals surface area contributed by atoms with E-state index in [0.717, 1.165) is 57.3 Å². The standard InChI is InChI=1S/C22H28N4O/c1-2-12-26-20-11-10-18(23-16-17-8-4-3-5-9-17)15-19(20)21(24-26)22(27)25-13-6-7-14-25/h2-5,8-9,18,23H,1,6-7,10-16H2/t18-/m1/s1. The summed E-state index contributed by atoms with van der Waals surface area (Å²) < 4.78 is 1.99. The van der Waals surface area contributed by atoms with Gasteiger partial charge in [0, 0.05) is 36.9 Å². The monoisotopic (exact) mass is 364 g/mol. The van der Waals surface area contributed by atoms with Crippen LogP contribution in [0.1, 0.15) is 46.6 Å². The Kier molecular flexibility index (Phi) is 5.39. The Morgan fingerprint density at radius 1 is 1.26 bits per heavy atom. The first kappa shape index (κ1) is 18.0. The van der Waals surface area contributed by atoms with Crippen molar-refractivity contribution < 1.29 is 4.79 Å². The van der Waals surface area contributed by atoms with Gasteiger partial charge in [0.15, 0.2) is 5.69 Å². The molecule has 0 unspecified atom stereocenters. The van der Waals surface area contributed by atoms with Gasteiger partial charge in [-0.2, -0.15) is 5.10 Å². The lowest BCUT2D eigenvalue weighted by molar-refractivity contribution is 0.0785. The van der Waals surface area contributed by atoms with Gasteiger partial charge in [-0.05, 0) is 37.7 Å². The highest BCUT2D eigenvalue weighted by molar-refractivity contribution is 5.94. The number of amides is 1. The number of hydrogen-bond acceptors (Lipinski definition) is 3. The third-order valence-electron chi connectivity index (χ3n) is 5.68. The minimum absolute atomic E-state index is 0.107. The van der Waals surface area contributed by atoms with Gasteiger partial charge >= 0.3 is 0 Å². The molecule has 1 aliphatic carbocycles. The van der Waals surface area contributed by atoms with E-state index in [2.05, 4.69) is 36.2 Å². The molecule has 0 radical (unpaired) electrons. The molecule has 5 nitrogen and oxygen atoms in total. The number of carbonyl (C=O) groups excluding carboxylic acids is 1. The van der Waals surface area contributed by atoms with Gasteiger partial charge in [0.1, 0.15) is 0 Å². The lowest BCUT2D eigenvalue weighted by Crippen LogP contribution is -2.35. The Bertz CT molecular complexity index is 805. The Morgan fingerprint density at radius 2 is 2.04 bits per heavy atom. The van der Waals surface area contributed by atoms with Crippen LogP contribution in [0.3, 0.4) is 0 Å². The molecule has 1 atom stereocenters. The van der Waals surface area contributed by atoms with Gasteiger partial charge in [-0.25, -0.2) is 0 Å². The van der Waals surface area contributed by atoms with Crippen molar-refractivity contribution in [1.82, 2.24) is 20.0 Å². The second-order valence-corrected chi connectivity index (χ2v) is 7.55. The average molecular weight is 364 g/mol. The molecule has 0 saturated carbocycles. The van der Waals surface area contributed by atoms with E-state index in [4.69, 9.17) is 5.10 Å². The fourth-order valence-corrected chi connectivity index (χ4v) is 4.24. The quantitative estimate of drug-likeness (QED) is 0.802. The Morgan fingerprint density at radius 3 is 2.78 bits per heavy atom. The van der Waals surface area contributed by atoms with Crippen molar-refractivity contribution in [3.63, 3.8) is 0 Å². The van der Waals surface area contributed by atoms with Crippen LogP contribution in [-0.4, -0.2) is 39.7 Å². The first-order valence-corrected chi connectivity index (χ1v) is 10.0. The highest BCUT2D eigenvalue weighted by Crippen LogP contribution is 2.27. The van der Waals surface area contributed by atoms with Crippen LogP contribution in [0.5, 0.6) is 0 Å². The first-order valence-electron chi connectivity index (χ1n) is 10.0. The number of likely N-dealkylation sites (tertiary alicyclic amines) is 1. The van der Waals surface area contributed by atoms with Gasteiger partial charge in [-0.1, -0.05) is 36.4 Å². The molecule has 1 amide bonds. The number of benzene rings is 1. The summed E-state index contributed by atoms with van der Waals surface area (Å²) in [6.07, 6.45) is 6.95. The van der Waals surface area contributed by atoms with E-state index in [1.807, 2.05) is 21.7 Å². The molecule has 5 heteroatoms. The third-order valence-corrected chi connectivity index (χ3v) is 5.68. The summed E-state index contributed by atoms with van der Waals surface area (Å²) in [7, 11) is 0. The molecule has 2 aromatic rings. The van der Waals surface area contributed by atoms with Crippen molar-refractivity contribution in [2.24, 2.45) is 0 Å². The number of fused-ring (bicyclic) bond motifs is 1. The van der Waals surface area contributed by atoms with Crippen LogP contribution >= 0.6 is 0 Å². The van der Waals surface area contributed by atoms with Crippen LogP contribution in [0.2, 0.25) is 0 Å². The number of carbonyl (C=O) groups is 1. The van der Waals surface area contributed by atoms with E-state index in [1.54, 1.807) is 0 Å². The summed E-state index contributed by atoms with van der Waals surface area (Å²) in [5.74, 6) is 0.107. The molecule has 2 heterocycles. The highest BCUT2D eigenvalue weighted by Gasteiger charge is 2.31. The number of hydrogen-bond donors (Lipinski definition) is 1. The summed E-state index contributed by atoms with van der Waals surface area (Å²) in [6.45, 7) is 7.09. The molecule has 1 fully saturated rings. The minimum Gasteiger partial charge on any atom is -0.337 e. The molecule has 1 aromatic heterocycles. The van der Waals surface area contributed by atoms with Crippen LogP contribution in [0.15, 0.2) is 43.0 Å². The number of rotatable bonds is 6. The maximum absolute atomic E-state index is 13.0. The zero-order valence-electron chi connectivity index (χ0n) is 15.9. The number of nitrogens with zero attached hydrogens (tertiary/aromatic N) is 3. The number of allylic oxidation sites excluding steroid dienone is 1. The van der Waals surface area contributed by atoms with Gasteiger partial charge in [0.25, 0.3) is 5.91 Å². The van der Waals surface area contributed by atoms with E-state index >= 15 is 0 Å². The molecule has 0 spiro atoms. The molecule has 2 aliphatic rings. The number of aromatic nitrogens is 2. The molecule has 1 aliphatic heterocycles. The molecule has 142 valence electrons. The van der Waals surface area contributed by atoms with Crippen molar-refractivity contribution in [2.45, 2.75) is 51.2 Å². The first-order chi connectivity index (χ1) is 13.3. The van der Waals surface area contributed by atoms with E-state index in [9.17, 15) is 4.79 Å². The fraction of sp³-hybridized carbons (Fsp3) is 0.455. The van der Waals surface area contributed by atoms with Gasteiger partial charge in [-0.3, -0.25) is 9.48 Å². The summed E-state index contributed by atoms with van der Waals surface area (Å²) in [5.41, 5.74) is 4.32. The van der Waals surface area contributed by atoms with Crippen molar-refractivity contribution >= 4 is 5.91 Å². The summed E-state index contributed by atoms with van der Waals surface area (Å²) >= 11 is 0. The van der Waals surface area contributed by atoms with E-state index < -0.39 is 0 Å². The van der Waals surface area contributed by atoms with Gasteiger partial charge in [-0.15, -0.1) is 6.58 Å². The van der Waals surface area contributed by atoms with Crippen molar-refractivity contribution in [3.05, 3.63) is 65.5 Å². The molecule has 1 aromatic carbocycles. The predicted octanol–water partition coefficient (Wildman–Crippen LogP) is 2.95. The maximum atomic E-state index is 13.0. The summed E-state index contributed by atoms with van der Waals surface area (Å²) in [6, 6.07) is 10.9. The topological polar surface area (TPSA) is 50.2 Å². The third kappa shape index (κ3) is 3.83. The molecule has 1 N–H and O–H groups in total. The normalized spacial score (nSPS) is 19.1. The van der Waals surface area contributed by atoms with Gasteiger partial charge in [0.05, 0.1) is 6.54 Å². The zero-order chi connectivity index (χ0) is 18.6. The maximum Gasteiger partial charge on any atom is 0.274 e. The van der Waals surface area contributed by atoms with Crippen molar-refractivity contribution in [2.75, 3.05) is 13.1 Å². The molecule has 0 bridgehead atoms. The summed E-state index contributed by atoms with van der Waals surface area (Å²) in [5, 5.41) is 8.38. The largest absolute Gasteiger partial charge is 0.337 e. The Labute approximate surface area is 161 Å². The van der Waals surface area contributed by atoms with Crippen LogP contribution in [0.4, 0.5) is 0 Å². The SMILES string of the molecule is C=CCn1nc(C(=O)N2CCCC2)c2c1CC[C@@H](NCc1ccccc1)C2. The van der Waals surface area contributed by atoms with Gasteiger partial charge in [0.2, 0.25) is 0 Å². The summed E-state index contributed by atoms with van der Waals surface area (Å²) in [4.78, 5) is 15.0. The predicted molar refractivity (Wildman–Crippen MR) is 107 cm³/mol.